The van der Waals surface area contributed by atoms with Gasteiger partial charge in [-0.25, -0.2) is 9.97 Å². The van der Waals surface area contributed by atoms with E-state index in [1.165, 1.54) is 18.1 Å². The summed E-state index contributed by atoms with van der Waals surface area (Å²) in [6.45, 7) is 1.99. The Morgan fingerprint density at radius 3 is 2.85 bits per heavy atom. The van der Waals surface area contributed by atoms with Crippen LogP contribution < -0.4 is 0 Å². The van der Waals surface area contributed by atoms with Crippen LogP contribution in [0, 0.1) is 0 Å². The Hall–Kier alpha value is -2.35. The molecule has 7 nitrogen and oxygen atoms in total. The lowest BCUT2D eigenvalue weighted by atomic mass is 10.2. The molecule has 0 amide bonds. The highest BCUT2D eigenvalue weighted by molar-refractivity contribution is 7.99. The number of para-hydroxylation sites is 1. The molecule has 0 bridgehead atoms. The number of hydrogen-bond acceptors (Lipinski definition) is 6. The number of nitrogens with one attached hydrogen (secondary N) is 2. The van der Waals surface area contributed by atoms with Crippen LogP contribution in [0.1, 0.15) is 18.0 Å². The molecule has 0 aliphatic carbocycles. The van der Waals surface area contributed by atoms with Gasteiger partial charge in [0.25, 0.3) is 0 Å². The van der Waals surface area contributed by atoms with E-state index in [1.54, 1.807) is 18.2 Å². The van der Waals surface area contributed by atoms with Crippen molar-refractivity contribution in [3.05, 3.63) is 36.4 Å². The standard InChI is InChI=1S/C12H12N6OS/c1-7(10-13-6-14-16-10)20-12-15-11(17-18-12)8-4-2-3-5-9(8)19/h2-7,19H,1H3,(H,13,14,16)(H,15,17,18). The average molecular weight is 288 g/mol. The molecule has 2 heterocycles. The average Bonchev–Trinajstić information content (AvgIpc) is 3.10. The zero-order valence-electron chi connectivity index (χ0n) is 10.6. The molecule has 0 aliphatic heterocycles. The molecule has 0 saturated carbocycles. The summed E-state index contributed by atoms with van der Waals surface area (Å²) in [5.41, 5.74) is 0.624. The van der Waals surface area contributed by atoms with Crippen LogP contribution in [-0.2, 0) is 0 Å². The Kier molecular flexibility index (Phi) is 3.38. The maximum atomic E-state index is 9.79. The van der Waals surface area contributed by atoms with E-state index in [0.717, 1.165) is 5.82 Å². The minimum Gasteiger partial charge on any atom is -0.507 e. The monoisotopic (exact) mass is 288 g/mol. The second kappa shape index (κ2) is 5.33. The maximum absolute atomic E-state index is 9.79. The molecule has 1 aromatic carbocycles. The van der Waals surface area contributed by atoms with Crippen LogP contribution in [0.4, 0.5) is 0 Å². The quantitative estimate of drug-likeness (QED) is 0.635. The highest BCUT2D eigenvalue weighted by Crippen LogP contribution is 2.32. The van der Waals surface area contributed by atoms with Crippen molar-refractivity contribution < 1.29 is 5.11 Å². The first kappa shape index (κ1) is 12.7. The van der Waals surface area contributed by atoms with E-state index in [4.69, 9.17) is 0 Å². The second-order valence-corrected chi connectivity index (χ2v) is 5.42. The highest BCUT2D eigenvalue weighted by atomic mass is 32.2. The van der Waals surface area contributed by atoms with Crippen LogP contribution in [0.2, 0.25) is 0 Å². The van der Waals surface area contributed by atoms with Gasteiger partial charge in [0.2, 0.25) is 5.16 Å². The third-order valence-electron chi connectivity index (χ3n) is 2.72. The number of phenols is 1. The number of phenolic OH excluding ortho intramolecular Hbond substituents is 1. The summed E-state index contributed by atoms with van der Waals surface area (Å²) in [6, 6.07) is 6.99. The topological polar surface area (TPSA) is 103 Å². The van der Waals surface area contributed by atoms with Gasteiger partial charge < -0.3 is 5.11 Å². The summed E-state index contributed by atoms with van der Waals surface area (Å²) < 4.78 is 0. The lowest BCUT2D eigenvalue weighted by Gasteiger charge is -2.03. The van der Waals surface area contributed by atoms with Crippen molar-refractivity contribution >= 4 is 11.8 Å². The van der Waals surface area contributed by atoms with Gasteiger partial charge in [0, 0.05) is 0 Å². The number of H-pyrrole nitrogens is 2. The van der Waals surface area contributed by atoms with E-state index < -0.39 is 0 Å². The molecule has 20 heavy (non-hydrogen) atoms. The van der Waals surface area contributed by atoms with Crippen LogP contribution in [0.5, 0.6) is 5.75 Å². The SMILES string of the molecule is CC(Sc1n[nH]c(-c2ccccc2O)n1)c1ncn[nH]1. The normalized spacial score (nSPS) is 12.4. The number of thioether (sulfide) groups is 1. The van der Waals surface area contributed by atoms with Crippen LogP contribution >= 0.6 is 11.8 Å². The van der Waals surface area contributed by atoms with Gasteiger partial charge in [0.05, 0.1) is 10.8 Å². The zero-order chi connectivity index (χ0) is 13.9. The molecule has 1 unspecified atom stereocenters. The Morgan fingerprint density at radius 1 is 1.25 bits per heavy atom. The summed E-state index contributed by atoms with van der Waals surface area (Å²) in [5, 5.41) is 24.0. The third-order valence-corrected chi connectivity index (χ3v) is 3.70. The van der Waals surface area contributed by atoms with Gasteiger partial charge in [-0.05, 0) is 19.1 Å². The molecular weight excluding hydrogens is 276 g/mol. The Labute approximate surface area is 118 Å². The van der Waals surface area contributed by atoms with Gasteiger partial charge in [-0.3, -0.25) is 10.2 Å². The Balaban J connectivity index is 1.79. The fourth-order valence-corrected chi connectivity index (χ4v) is 2.50. The number of hydrogen-bond donors (Lipinski definition) is 3. The van der Waals surface area contributed by atoms with Crippen molar-refractivity contribution in [3.8, 4) is 17.1 Å². The smallest absolute Gasteiger partial charge is 0.209 e. The largest absolute Gasteiger partial charge is 0.507 e. The number of benzene rings is 1. The predicted octanol–water partition coefficient (Wildman–Crippen LogP) is 2.15. The van der Waals surface area contributed by atoms with Gasteiger partial charge in [-0.1, -0.05) is 23.9 Å². The van der Waals surface area contributed by atoms with Crippen molar-refractivity contribution in [1.82, 2.24) is 30.4 Å². The van der Waals surface area contributed by atoms with Gasteiger partial charge in [0.1, 0.15) is 17.9 Å². The van der Waals surface area contributed by atoms with Crippen LogP contribution in [0.15, 0.2) is 35.7 Å². The predicted molar refractivity (Wildman–Crippen MR) is 74.1 cm³/mol. The molecule has 0 aliphatic rings. The maximum Gasteiger partial charge on any atom is 0.209 e. The first-order valence-electron chi connectivity index (χ1n) is 5.96. The number of aromatic amines is 2. The van der Waals surface area contributed by atoms with Crippen molar-refractivity contribution in [1.29, 1.82) is 0 Å². The van der Waals surface area contributed by atoms with E-state index in [9.17, 15) is 5.11 Å². The number of rotatable bonds is 4. The van der Waals surface area contributed by atoms with Crippen molar-refractivity contribution in [2.45, 2.75) is 17.3 Å². The van der Waals surface area contributed by atoms with Gasteiger partial charge in [-0.2, -0.15) is 5.10 Å². The fraction of sp³-hybridized carbons (Fsp3) is 0.167. The number of aromatic nitrogens is 6. The molecule has 0 radical (unpaired) electrons. The molecule has 3 aromatic rings. The minimum atomic E-state index is 0.0607. The number of nitrogens with zero attached hydrogens (tertiary/aromatic N) is 4. The lowest BCUT2D eigenvalue weighted by Crippen LogP contribution is -1.92. The summed E-state index contributed by atoms with van der Waals surface area (Å²) in [5.74, 6) is 1.47. The summed E-state index contributed by atoms with van der Waals surface area (Å²) in [7, 11) is 0. The minimum absolute atomic E-state index is 0.0607. The summed E-state index contributed by atoms with van der Waals surface area (Å²) >= 11 is 1.45. The summed E-state index contributed by atoms with van der Waals surface area (Å²) in [4.78, 5) is 8.46. The Bertz CT molecular complexity index is 696. The van der Waals surface area contributed by atoms with E-state index in [2.05, 4.69) is 30.4 Å². The lowest BCUT2D eigenvalue weighted by molar-refractivity contribution is 0.477. The molecular formula is C12H12N6OS. The second-order valence-electron chi connectivity index (χ2n) is 4.11. The van der Waals surface area contributed by atoms with Crippen molar-refractivity contribution in [2.24, 2.45) is 0 Å². The molecule has 0 saturated heterocycles. The van der Waals surface area contributed by atoms with E-state index in [0.29, 0.717) is 16.5 Å². The summed E-state index contributed by atoms with van der Waals surface area (Å²) in [6.07, 6.45) is 1.47. The molecule has 3 rings (SSSR count). The molecule has 1 atom stereocenters. The van der Waals surface area contributed by atoms with Gasteiger partial charge in [0.15, 0.2) is 5.82 Å². The van der Waals surface area contributed by atoms with Gasteiger partial charge in [-0.15, -0.1) is 5.10 Å². The van der Waals surface area contributed by atoms with Crippen LogP contribution in [0.3, 0.4) is 0 Å². The highest BCUT2D eigenvalue weighted by Gasteiger charge is 2.15. The fourth-order valence-electron chi connectivity index (χ4n) is 1.72. The number of aromatic hydroxyl groups is 1. The van der Waals surface area contributed by atoms with Crippen molar-refractivity contribution in [3.63, 3.8) is 0 Å². The van der Waals surface area contributed by atoms with E-state index in [-0.39, 0.29) is 11.0 Å². The molecule has 0 fully saturated rings. The van der Waals surface area contributed by atoms with E-state index in [1.807, 2.05) is 13.0 Å². The van der Waals surface area contributed by atoms with E-state index >= 15 is 0 Å². The zero-order valence-corrected chi connectivity index (χ0v) is 11.4. The molecule has 8 heteroatoms. The first-order chi connectivity index (χ1) is 9.74. The van der Waals surface area contributed by atoms with Crippen molar-refractivity contribution in [2.75, 3.05) is 0 Å². The molecule has 0 spiro atoms. The van der Waals surface area contributed by atoms with Crippen LogP contribution in [0.25, 0.3) is 11.4 Å². The molecule has 2 aromatic heterocycles. The Morgan fingerprint density at radius 2 is 2.10 bits per heavy atom. The van der Waals surface area contributed by atoms with Gasteiger partial charge >= 0.3 is 0 Å². The third kappa shape index (κ3) is 2.50. The first-order valence-corrected chi connectivity index (χ1v) is 6.84. The molecule has 3 N–H and O–H groups in total. The molecule has 102 valence electrons. The van der Waals surface area contributed by atoms with Crippen LogP contribution in [-0.4, -0.2) is 35.5 Å².